The third-order valence-electron chi connectivity index (χ3n) is 3.53. The van der Waals surface area contributed by atoms with Crippen LogP contribution in [0.1, 0.15) is 44.2 Å². The van der Waals surface area contributed by atoms with Crippen LogP contribution in [0.15, 0.2) is 22.7 Å². The van der Waals surface area contributed by atoms with Crippen LogP contribution in [0, 0.1) is 11.7 Å². The Morgan fingerprint density at radius 1 is 1.47 bits per heavy atom. The van der Waals surface area contributed by atoms with Gasteiger partial charge in [-0.1, -0.05) is 29.3 Å². The Bertz CT molecular complexity index is 376. The van der Waals surface area contributed by atoms with E-state index in [4.69, 9.17) is 0 Å². The maximum Gasteiger partial charge on any atom is 0.123 e. The number of nitrogens with one attached hydrogen (secondary N) is 1. The smallest absolute Gasteiger partial charge is 0.123 e. The Kier molecular flexibility index (Phi) is 4.57. The maximum absolute atomic E-state index is 13.4. The SMILES string of the molecule is CCCNC(c1cc(F)ccc1Br)C1CCC1. The maximum atomic E-state index is 13.4. The van der Waals surface area contributed by atoms with Crippen LogP contribution in [-0.4, -0.2) is 6.54 Å². The fourth-order valence-electron chi connectivity index (χ4n) is 2.36. The summed E-state index contributed by atoms with van der Waals surface area (Å²) in [7, 11) is 0. The van der Waals surface area contributed by atoms with Crippen molar-refractivity contribution in [1.82, 2.24) is 5.32 Å². The van der Waals surface area contributed by atoms with Gasteiger partial charge in [0.2, 0.25) is 0 Å². The number of benzene rings is 1. The molecule has 1 aliphatic rings. The van der Waals surface area contributed by atoms with E-state index in [0.717, 1.165) is 23.0 Å². The molecule has 17 heavy (non-hydrogen) atoms. The van der Waals surface area contributed by atoms with E-state index in [2.05, 4.69) is 28.2 Å². The van der Waals surface area contributed by atoms with Crippen LogP contribution >= 0.6 is 15.9 Å². The van der Waals surface area contributed by atoms with E-state index in [0.29, 0.717) is 12.0 Å². The fraction of sp³-hybridized carbons (Fsp3) is 0.571. The van der Waals surface area contributed by atoms with Gasteiger partial charge >= 0.3 is 0 Å². The first-order valence-electron chi connectivity index (χ1n) is 6.40. The van der Waals surface area contributed by atoms with Crippen molar-refractivity contribution in [2.45, 2.75) is 38.6 Å². The molecule has 2 rings (SSSR count). The number of hydrogen-bond donors (Lipinski definition) is 1. The van der Waals surface area contributed by atoms with E-state index in [-0.39, 0.29) is 5.82 Å². The molecule has 1 unspecified atom stereocenters. The Balaban J connectivity index is 2.20. The molecule has 1 N–H and O–H groups in total. The highest BCUT2D eigenvalue weighted by Crippen LogP contribution is 2.40. The Labute approximate surface area is 111 Å². The van der Waals surface area contributed by atoms with Crippen LogP contribution in [0.5, 0.6) is 0 Å². The summed E-state index contributed by atoms with van der Waals surface area (Å²) in [5, 5.41) is 3.56. The van der Waals surface area contributed by atoms with Crippen molar-refractivity contribution in [3.05, 3.63) is 34.1 Å². The van der Waals surface area contributed by atoms with Crippen molar-refractivity contribution < 1.29 is 4.39 Å². The highest BCUT2D eigenvalue weighted by atomic mass is 79.9. The molecule has 1 saturated carbocycles. The van der Waals surface area contributed by atoms with E-state index in [1.54, 1.807) is 6.07 Å². The standard InChI is InChI=1S/C14H19BrFN/c1-2-8-17-14(10-4-3-5-10)12-9-11(16)6-7-13(12)15/h6-7,9-10,14,17H,2-5,8H2,1H3. The summed E-state index contributed by atoms with van der Waals surface area (Å²) >= 11 is 3.54. The molecule has 1 aromatic carbocycles. The summed E-state index contributed by atoms with van der Waals surface area (Å²) in [5.74, 6) is 0.519. The van der Waals surface area contributed by atoms with Gasteiger partial charge in [0.05, 0.1) is 0 Å². The van der Waals surface area contributed by atoms with E-state index in [9.17, 15) is 4.39 Å². The second-order valence-electron chi connectivity index (χ2n) is 4.79. The van der Waals surface area contributed by atoms with Crippen LogP contribution in [0.4, 0.5) is 4.39 Å². The molecule has 0 aromatic heterocycles. The first-order chi connectivity index (χ1) is 8.22. The highest BCUT2D eigenvalue weighted by molar-refractivity contribution is 9.10. The fourth-order valence-corrected chi connectivity index (χ4v) is 2.85. The molecule has 1 aromatic rings. The first-order valence-corrected chi connectivity index (χ1v) is 7.20. The molecule has 0 bridgehead atoms. The predicted octanol–water partition coefficient (Wildman–Crippen LogP) is 4.43. The van der Waals surface area contributed by atoms with Gasteiger partial charge in [0.25, 0.3) is 0 Å². The van der Waals surface area contributed by atoms with E-state index >= 15 is 0 Å². The first kappa shape index (κ1) is 13.0. The minimum Gasteiger partial charge on any atom is -0.310 e. The lowest BCUT2D eigenvalue weighted by Crippen LogP contribution is -2.33. The van der Waals surface area contributed by atoms with Gasteiger partial charge in [-0.15, -0.1) is 0 Å². The molecular formula is C14H19BrFN. The molecule has 1 nitrogen and oxygen atoms in total. The average molecular weight is 300 g/mol. The normalized spacial score (nSPS) is 17.8. The van der Waals surface area contributed by atoms with Gasteiger partial charge in [0.15, 0.2) is 0 Å². The molecule has 0 heterocycles. The molecule has 0 spiro atoms. The summed E-state index contributed by atoms with van der Waals surface area (Å²) < 4.78 is 14.4. The quantitative estimate of drug-likeness (QED) is 0.848. The third kappa shape index (κ3) is 3.08. The topological polar surface area (TPSA) is 12.0 Å². The molecule has 1 aliphatic carbocycles. The molecule has 0 saturated heterocycles. The van der Waals surface area contributed by atoms with Crippen molar-refractivity contribution in [3.63, 3.8) is 0 Å². The molecule has 94 valence electrons. The second kappa shape index (κ2) is 5.96. The summed E-state index contributed by atoms with van der Waals surface area (Å²) in [4.78, 5) is 0. The van der Waals surface area contributed by atoms with Gasteiger partial charge in [0, 0.05) is 10.5 Å². The number of hydrogen-bond acceptors (Lipinski definition) is 1. The van der Waals surface area contributed by atoms with Crippen LogP contribution in [-0.2, 0) is 0 Å². The zero-order chi connectivity index (χ0) is 12.3. The zero-order valence-corrected chi connectivity index (χ0v) is 11.8. The Morgan fingerprint density at radius 2 is 2.24 bits per heavy atom. The highest BCUT2D eigenvalue weighted by Gasteiger charge is 2.29. The number of halogens is 2. The third-order valence-corrected chi connectivity index (χ3v) is 4.25. The zero-order valence-electron chi connectivity index (χ0n) is 10.2. The summed E-state index contributed by atoms with van der Waals surface area (Å²) in [6.07, 6.45) is 4.92. The van der Waals surface area contributed by atoms with Crippen molar-refractivity contribution >= 4 is 15.9 Å². The van der Waals surface area contributed by atoms with E-state index in [1.807, 2.05) is 6.07 Å². The number of rotatable bonds is 5. The van der Waals surface area contributed by atoms with Crippen LogP contribution < -0.4 is 5.32 Å². The molecule has 0 amide bonds. The molecular weight excluding hydrogens is 281 g/mol. The van der Waals surface area contributed by atoms with Gasteiger partial charge in [-0.05, 0) is 55.5 Å². The van der Waals surface area contributed by atoms with Crippen LogP contribution in [0.25, 0.3) is 0 Å². The lowest BCUT2D eigenvalue weighted by molar-refractivity contribution is 0.230. The van der Waals surface area contributed by atoms with Gasteiger partial charge in [0.1, 0.15) is 5.82 Å². The van der Waals surface area contributed by atoms with Gasteiger partial charge < -0.3 is 5.32 Å². The van der Waals surface area contributed by atoms with Crippen molar-refractivity contribution in [2.24, 2.45) is 5.92 Å². The summed E-state index contributed by atoms with van der Waals surface area (Å²) in [5.41, 5.74) is 1.07. The second-order valence-corrected chi connectivity index (χ2v) is 5.64. The van der Waals surface area contributed by atoms with Gasteiger partial charge in [-0.3, -0.25) is 0 Å². The minimum atomic E-state index is -0.147. The van der Waals surface area contributed by atoms with Crippen molar-refractivity contribution in [2.75, 3.05) is 6.54 Å². The minimum absolute atomic E-state index is 0.147. The molecule has 0 aliphatic heterocycles. The Hall–Kier alpha value is -0.410. The summed E-state index contributed by atoms with van der Waals surface area (Å²) in [6, 6.07) is 5.28. The Morgan fingerprint density at radius 3 is 2.82 bits per heavy atom. The molecule has 1 fully saturated rings. The lowest BCUT2D eigenvalue weighted by Gasteiger charge is -2.35. The predicted molar refractivity (Wildman–Crippen MR) is 72.5 cm³/mol. The average Bonchev–Trinajstić information content (AvgIpc) is 2.25. The lowest BCUT2D eigenvalue weighted by atomic mass is 9.77. The van der Waals surface area contributed by atoms with Gasteiger partial charge in [-0.25, -0.2) is 4.39 Å². The van der Waals surface area contributed by atoms with Crippen LogP contribution in [0.3, 0.4) is 0 Å². The monoisotopic (exact) mass is 299 g/mol. The van der Waals surface area contributed by atoms with E-state index in [1.165, 1.54) is 25.3 Å². The van der Waals surface area contributed by atoms with Crippen molar-refractivity contribution in [1.29, 1.82) is 0 Å². The van der Waals surface area contributed by atoms with Crippen LogP contribution in [0.2, 0.25) is 0 Å². The molecule has 3 heteroatoms. The van der Waals surface area contributed by atoms with Crippen molar-refractivity contribution in [3.8, 4) is 0 Å². The molecule has 0 radical (unpaired) electrons. The molecule has 1 atom stereocenters. The summed E-state index contributed by atoms with van der Waals surface area (Å²) in [6.45, 7) is 3.15. The van der Waals surface area contributed by atoms with Gasteiger partial charge in [-0.2, -0.15) is 0 Å². The van der Waals surface area contributed by atoms with E-state index < -0.39 is 0 Å². The largest absolute Gasteiger partial charge is 0.310 e.